The van der Waals surface area contributed by atoms with E-state index in [1.165, 1.54) is 0 Å². The van der Waals surface area contributed by atoms with E-state index in [1.54, 1.807) is 31.5 Å². The SMILES string of the molecule is COc1c(Br)cc(/C=N/NC(=O)c2ccccc2OCc2ccccc2)cc1Br. The highest BCUT2D eigenvalue weighted by Gasteiger charge is 2.12. The number of nitrogens with one attached hydrogen (secondary N) is 1. The summed E-state index contributed by atoms with van der Waals surface area (Å²) in [5.74, 6) is 0.839. The summed E-state index contributed by atoms with van der Waals surface area (Å²) < 4.78 is 12.7. The van der Waals surface area contributed by atoms with E-state index in [2.05, 4.69) is 42.4 Å². The first kappa shape index (κ1) is 21.1. The summed E-state index contributed by atoms with van der Waals surface area (Å²) >= 11 is 6.88. The Balaban J connectivity index is 1.67. The average Bonchev–Trinajstić information content (AvgIpc) is 2.73. The predicted molar refractivity (Wildman–Crippen MR) is 121 cm³/mol. The van der Waals surface area contributed by atoms with E-state index in [-0.39, 0.29) is 5.91 Å². The Hall–Kier alpha value is -2.64. The van der Waals surface area contributed by atoms with Crippen LogP contribution >= 0.6 is 31.9 Å². The Morgan fingerprint density at radius 1 is 1.03 bits per heavy atom. The lowest BCUT2D eigenvalue weighted by Crippen LogP contribution is -2.18. The smallest absolute Gasteiger partial charge is 0.275 e. The molecule has 5 nitrogen and oxygen atoms in total. The molecule has 0 radical (unpaired) electrons. The van der Waals surface area contributed by atoms with Gasteiger partial charge in [-0.1, -0.05) is 42.5 Å². The number of hydrazone groups is 1. The van der Waals surface area contributed by atoms with Crippen molar-refractivity contribution in [2.24, 2.45) is 5.10 Å². The molecule has 7 heteroatoms. The second-order valence-corrected chi connectivity index (χ2v) is 7.70. The number of carbonyl (C=O) groups excluding carboxylic acids is 1. The first-order valence-electron chi connectivity index (χ1n) is 8.70. The minimum Gasteiger partial charge on any atom is -0.494 e. The van der Waals surface area contributed by atoms with Gasteiger partial charge in [0.15, 0.2) is 0 Å². The highest BCUT2D eigenvalue weighted by atomic mass is 79.9. The van der Waals surface area contributed by atoms with Gasteiger partial charge in [0.2, 0.25) is 0 Å². The summed E-state index contributed by atoms with van der Waals surface area (Å²) in [6, 6.07) is 20.5. The molecule has 1 amide bonds. The minimum atomic E-state index is -0.350. The third-order valence-electron chi connectivity index (χ3n) is 3.97. The molecule has 0 atom stereocenters. The van der Waals surface area contributed by atoms with Gasteiger partial charge in [-0.05, 0) is 67.3 Å². The molecule has 0 bridgehead atoms. The molecule has 0 saturated carbocycles. The van der Waals surface area contributed by atoms with Gasteiger partial charge in [-0.3, -0.25) is 4.79 Å². The fourth-order valence-electron chi connectivity index (χ4n) is 2.59. The fourth-order valence-corrected chi connectivity index (χ4v) is 4.14. The summed E-state index contributed by atoms with van der Waals surface area (Å²) in [5.41, 5.74) is 4.77. The third kappa shape index (κ3) is 5.68. The molecule has 1 N–H and O–H groups in total. The molecule has 3 aromatic rings. The molecule has 0 saturated heterocycles. The van der Waals surface area contributed by atoms with Crippen LogP contribution in [0.15, 0.2) is 80.8 Å². The first-order chi connectivity index (χ1) is 14.1. The van der Waals surface area contributed by atoms with Gasteiger partial charge in [-0.15, -0.1) is 0 Å². The lowest BCUT2D eigenvalue weighted by Gasteiger charge is -2.10. The highest BCUT2D eigenvalue weighted by Crippen LogP contribution is 2.33. The van der Waals surface area contributed by atoms with Crippen molar-refractivity contribution in [3.63, 3.8) is 0 Å². The molecule has 0 heterocycles. The molecule has 148 valence electrons. The zero-order valence-corrected chi connectivity index (χ0v) is 18.7. The van der Waals surface area contributed by atoms with Gasteiger partial charge >= 0.3 is 0 Å². The fraction of sp³-hybridized carbons (Fsp3) is 0.0909. The third-order valence-corrected chi connectivity index (χ3v) is 5.15. The number of ether oxygens (including phenoxy) is 2. The Morgan fingerprint density at radius 3 is 2.38 bits per heavy atom. The van der Waals surface area contributed by atoms with Gasteiger partial charge in [0, 0.05) is 0 Å². The van der Waals surface area contributed by atoms with Crippen molar-refractivity contribution >= 4 is 44.0 Å². The van der Waals surface area contributed by atoms with Gasteiger partial charge in [0.25, 0.3) is 5.91 Å². The Bertz CT molecular complexity index is 1000. The van der Waals surface area contributed by atoms with Crippen molar-refractivity contribution in [2.45, 2.75) is 6.61 Å². The number of benzene rings is 3. The summed E-state index contributed by atoms with van der Waals surface area (Å²) in [7, 11) is 1.59. The maximum Gasteiger partial charge on any atom is 0.275 e. The number of para-hydroxylation sites is 1. The normalized spacial score (nSPS) is 10.7. The number of hydrogen-bond donors (Lipinski definition) is 1. The second-order valence-electron chi connectivity index (χ2n) is 5.99. The van der Waals surface area contributed by atoms with E-state index in [4.69, 9.17) is 9.47 Å². The van der Waals surface area contributed by atoms with Crippen LogP contribution in [-0.4, -0.2) is 19.2 Å². The predicted octanol–water partition coefficient (Wildman–Crippen LogP) is 5.56. The van der Waals surface area contributed by atoms with Crippen LogP contribution in [0.3, 0.4) is 0 Å². The van der Waals surface area contributed by atoms with Gasteiger partial charge in [-0.2, -0.15) is 5.10 Å². The van der Waals surface area contributed by atoms with E-state index < -0.39 is 0 Å². The minimum absolute atomic E-state index is 0.350. The monoisotopic (exact) mass is 516 g/mol. The molecular formula is C22H18Br2N2O3. The van der Waals surface area contributed by atoms with Crippen molar-refractivity contribution in [2.75, 3.05) is 7.11 Å². The number of halogens is 2. The summed E-state index contributed by atoms with van der Waals surface area (Å²) in [5, 5.41) is 4.05. The van der Waals surface area contributed by atoms with Crippen LogP contribution in [0.5, 0.6) is 11.5 Å². The molecule has 3 rings (SSSR count). The van der Waals surface area contributed by atoms with Crippen molar-refractivity contribution in [1.29, 1.82) is 0 Å². The Morgan fingerprint density at radius 2 is 1.69 bits per heavy atom. The number of amides is 1. The molecule has 0 aromatic heterocycles. The molecule has 0 spiro atoms. The van der Waals surface area contributed by atoms with Crippen molar-refractivity contribution in [1.82, 2.24) is 5.43 Å². The maximum atomic E-state index is 12.6. The standard InChI is InChI=1S/C22H18Br2N2O3/c1-28-21-18(23)11-16(12-19(21)24)13-25-26-22(27)17-9-5-6-10-20(17)29-14-15-7-3-2-4-8-15/h2-13H,14H2,1H3,(H,26,27)/b25-13+. The molecule has 29 heavy (non-hydrogen) atoms. The van der Waals surface area contributed by atoms with Crippen LogP contribution in [0.4, 0.5) is 0 Å². The van der Waals surface area contributed by atoms with Crippen molar-refractivity contribution < 1.29 is 14.3 Å². The van der Waals surface area contributed by atoms with E-state index in [0.29, 0.717) is 23.7 Å². The molecule has 0 unspecified atom stereocenters. The van der Waals surface area contributed by atoms with Crippen LogP contribution in [-0.2, 0) is 6.61 Å². The number of rotatable bonds is 7. The van der Waals surface area contributed by atoms with Gasteiger partial charge in [0.1, 0.15) is 18.1 Å². The van der Waals surface area contributed by atoms with E-state index >= 15 is 0 Å². The van der Waals surface area contributed by atoms with Crippen LogP contribution in [0, 0.1) is 0 Å². The van der Waals surface area contributed by atoms with E-state index in [0.717, 1.165) is 20.1 Å². The summed E-state index contributed by atoms with van der Waals surface area (Å²) in [6.45, 7) is 0.377. The summed E-state index contributed by atoms with van der Waals surface area (Å²) in [6.07, 6.45) is 1.56. The maximum absolute atomic E-state index is 12.6. The summed E-state index contributed by atoms with van der Waals surface area (Å²) in [4.78, 5) is 12.6. The zero-order valence-electron chi connectivity index (χ0n) is 15.6. The van der Waals surface area contributed by atoms with E-state index in [9.17, 15) is 4.79 Å². The van der Waals surface area contributed by atoms with Gasteiger partial charge < -0.3 is 9.47 Å². The van der Waals surface area contributed by atoms with Gasteiger partial charge in [0.05, 0.1) is 27.8 Å². The highest BCUT2D eigenvalue weighted by molar-refractivity contribution is 9.11. The number of methoxy groups -OCH3 is 1. The molecule has 0 fully saturated rings. The number of nitrogens with zero attached hydrogens (tertiary/aromatic N) is 1. The van der Waals surface area contributed by atoms with Gasteiger partial charge in [-0.25, -0.2) is 5.43 Å². The van der Waals surface area contributed by atoms with Crippen LogP contribution in [0.25, 0.3) is 0 Å². The molecular weight excluding hydrogens is 500 g/mol. The molecule has 0 aliphatic heterocycles. The zero-order chi connectivity index (χ0) is 20.6. The second kappa shape index (κ2) is 10.2. The number of carbonyl (C=O) groups is 1. The largest absolute Gasteiger partial charge is 0.494 e. The van der Waals surface area contributed by atoms with Crippen molar-refractivity contribution in [3.05, 3.63) is 92.4 Å². The molecule has 0 aliphatic carbocycles. The molecule has 0 aliphatic rings. The van der Waals surface area contributed by atoms with E-state index in [1.807, 2.05) is 48.5 Å². The first-order valence-corrected chi connectivity index (χ1v) is 10.3. The van der Waals surface area contributed by atoms with Crippen LogP contribution in [0.1, 0.15) is 21.5 Å². The Labute approximate surface area is 186 Å². The van der Waals surface area contributed by atoms with Crippen LogP contribution in [0.2, 0.25) is 0 Å². The Kier molecular flexibility index (Phi) is 7.43. The molecule has 3 aromatic carbocycles. The van der Waals surface area contributed by atoms with Crippen LogP contribution < -0.4 is 14.9 Å². The lowest BCUT2D eigenvalue weighted by molar-refractivity contribution is 0.0950. The number of hydrogen-bond acceptors (Lipinski definition) is 4. The quantitative estimate of drug-likeness (QED) is 0.329. The topological polar surface area (TPSA) is 59.9 Å². The lowest BCUT2D eigenvalue weighted by atomic mass is 10.2. The van der Waals surface area contributed by atoms with Crippen molar-refractivity contribution in [3.8, 4) is 11.5 Å². The average molecular weight is 518 g/mol.